The van der Waals surface area contributed by atoms with Crippen molar-refractivity contribution in [3.8, 4) is 0 Å². The Morgan fingerprint density at radius 2 is 2.19 bits per heavy atom. The summed E-state index contributed by atoms with van der Waals surface area (Å²) in [6, 6.07) is 3.92. The van der Waals surface area contributed by atoms with E-state index in [0.717, 1.165) is 29.0 Å². The highest BCUT2D eigenvalue weighted by molar-refractivity contribution is 9.10. The van der Waals surface area contributed by atoms with Crippen LogP contribution < -0.4 is 5.32 Å². The first kappa shape index (κ1) is 11.5. The fourth-order valence-electron chi connectivity index (χ4n) is 1.51. The van der Waals surface area contributed by atoms with Crippen molar-refractivity contribution in [3.05, 3.63) is 28.6 Å². The Morgan fingerprint density at radius 1 is 1.38 bits per heavy atom. The number of aromatic nitrogens is 3. The fourth-order valence-corrected chi connectivity index (χ4v) is 1.84. The predicted octanol–water partition coefficient (Wildman–Crippen LogP) is 2.24. The maximum absolute atomic E-state index is 4.16. The number of hydrogen-bond acceptors (Lipinski definition) is 3. The molecule has 2 aromatic heterocycles. The zero-order chi connectivity index (χ0) is 11.5. The van der Waals surface area contributed by atoms with E-state index in [9.17, 15) is 0 Å². The Kier molecular flexibility index (Phi) is 3.56. The van der Waals surface area contributed by atoms with Crippen molar-refractivity contribution in [1.29, 1.82) is 0 Å². The summed E-state index contributed by atoms with van der Waals surface area (Å²) in [6.45, 7) is 6.11. The van der Waals surface area contributed by atoms with Gasteiger partial charge in [-0.05, 0) is 40.5 Å². The molecule has 0 unspecified atom stereocenters. The molecule has 0 aliphatic rings. The standard InChI is InChI=1S/C11H15BrN4/c1-8(2)5-13-6-11-15-14-10-4-3-9(12)7-16(10)11/h3-4,7-8,13H,5-6H2,1-2H3. The van der Waals surface area contributed by atoms with E-state index in [-0.39, 0.29) is 0 Å². The van der Waals surface area contributed by atoms with E-state index in [2.05, 4.69) is 45.3 Å². The Labute approximate surface area is 103 Å². The molecular formula is C11H15BrN4. The van der Waals surface area contributed by atoms with E-state index in [4.69, 9.17) is 0 Å². The molecule has 2 aromatic rings. The molecule has 0 saturated heterocycles. The lowest BCUT2D eigenvalue weighted by Crippen LogP contribution is -2.20. The zero-order valence-electron chi connectivity index (χ0n) is 9.44. The maximum Gasteiger partial charge on any atom is 0.160 e. The highest BCUT2D eigenvalue weighted by atomic mass is 79.9. The summed E-state index contributed by atoms with van der Waals surface area (Å²) in [6.07, 6.45) is 1.99. The molecule has 4 nitrogen and oxygen atoms in total. The number of fused-ring (bicyclic) bond motifs is 1. The first-order chi connectivity index (χ1) is 7.66. The Bertz CT molecular complexity index is 478. The van der Waals surface area contributed by atoms with E-state index >= 15 is 0 Å². The third-order valence-electron chi connectivity index (χ3n) is 2.27. The minimum Gasteiger partial charge on any atom is -0.310 e. The van der Waals surface area contributed by atoms with Crippen LogP contribution in [0.15, 0.2) is 22.8 Å². The van der Waals surface area contributed by atoms with Gasteiger partial charge < -0.3 is 5.32 Å². The second-order valence-electron chi connectivity index (χ2n) is 4.22. The van der Waals surface area contributed by atoms with Gasteiger partial charge >= 0.3 is 0 Å². The number of hydrogen-bond donors (Lipinski definition) is 1. The summed E-state index contributed by atoms with van der Waals surface area (Å²) in [4.78, 5) is 0. The first-order valence-corrected chi connectivity index (χ1v) is 6.16. The van der Waals surface area contributed by atoms with Crippen LogP contribution in [0.25, 0.3) is 5.65 Å². The van der Waals surface area contributed by atoms with E-state index < -0.39 is 0 Å². The lowest BCUT2D eigenvalue weighted by Gasteiger charge is -2.06. The Balaban J connectivity index is 2.15. The van der Waals surface area contributed by atoms with Crippen LogP contribution in [-0.4, -0.2) is 21.1 Å². The molecule has 0 radical (unpaired) electrons. The highest BCUT2D eigenvalue weighted by Crippen LogP contribution is 2.11. The second-order valence-corrected chi connectivity index (χ2v) is 5.13. The van der Waals surface area contributed by atoms with Crippen LogP contribution in [0.5, 0.6) is 0 Å². The van der Waals surface area contributed by atoms with Gasteiger partial charge in [0.25, 0.3) is 0 Å². The number of nitrogens with one attached hydrogen (secondary N) is 1. The quantitative estimate of drug-likeness (QED) is 0.935. The second kappa shape index (κ2) is 4.93. The van der Waals surface area contributed by atoms with E-state index in [1.54, 1.807) is 0 Å². The molecule has 2 rings (SSSR count). The summed E-state index contributed by atoms with van der Waals surface area (Å²) in [5, 5.41) is 11.6. The van der Waals surface area contributed by atoms with Gasteiger partial charge in [0.15, 0.2) is 11.5 Å². The monoisotopic (exact) mass is 282 g/mol. The third-order valence-corrected chi connectivity index (χ3v) is 2.74. The molecule has 0 amide bonds. The summed E-state index contributed by atoms with van der Waals surface area (Å²) in [5.41, 5.74) is 0.879. The average Bonchev–Trinajstić information content (AvgIpc) is 2.60. The summed E-state index contributed by atoms with van der Waals surface area (Å²) >= 11 is 3.45. The minimum atomic E-state index is 0.644. The summed E-state index contributed by atoms with van der Waals surface area (Å²) in [5.74, 6) is 1.59. The molecular weight excluding hydrogens is 268 g/mol. The normalized spacial score (nSPS) is 11.5. The van der Waals surface area contributed by atoms with Gasteiger partial charge in [0, 0.05) is 10.7 Å². The van der Waals surface area contributed by atoms with Gasteiger partial charge in [0.05, 0.1) is 6.54 Å². The molecule has 0 bridgehead atoms. The number of halogens is 1. The Morgan fingerprint density at radius 3 is 2.94 bits per heavy atom. The molecule has 0 aliphatic carbocycles. The molecule has 0 atom stereocenters. The van der Waals surface area contributed by atoms with Gasteiger partial charge in [0.2, 0.25) is 0 Å². The van der Waals surface area contributed by atoms with Crippen molar-refractivity contribution in [2.45, 2.75) is 20.4 Å². The van der Waals surface area contributed by atoms with E-state index in [0.29, 0.717) is 5.92 Å². The molecule has 5 heteroatoms. The van der Waals surface area contributed by atoms with Crippen molar-refractivity contribution < 1.29 is 0 Å². The molecule has 16 heavy (non-hydrogen) atoms. The average molecular weight is 283 g/mol. The topological polar surface area (TPSA) is 42.2 Å². The van der Waals surface area contributed by atoms with E-state index in [1.165, 1.54) is 0 Å². The van der Waals surface area contributed by atoms with Crippen LogP contribution in [-0.2, 0) is 6.54 Å². The van der Waals surface area contributed by atoms with Crippen molar-refractivity contribution in [2.24, 2.45) is 5.92 Å². The van der Waals surface area contributed by atoms with E-state index in [1.807, 2.05) is 22.7 Å². The minimum absolute atomic E-state index is 0.644. The summed E-state index contributed by atoms with van der Waals surface area (Å²) < 4.78 is 3.03. The van der Waals surface area contributed by atoms with Crippen LogP contribution >= 0.6 is 15.9 Å². The van der Waals surface area contributed by atoms with Crippen LogP contribution in [0.4, 0.5) is 0 Å². The first-order valence-electron chi connectivity index (χ1n) is 5.36. The van der Waals surface area contributed by atoms with Crippen molar-refractivity contribution in [2.75, 3.05) is 6.54 Å². The van der Waals surface area contributed by atoms with Gasteiger partial charge in [-0.3, -0.25) is 4.40 Å². The lowest BCUT2D eigenvalue weighted by molar-refractivity contribution is 0.541. The molecule has 0 saturated carbocycles. The van der Waals surface area contributed by atoms with Crippen LogP contribution in [0.3, 0.4) is 0 Å². The van der Waals surface area contributed by atoms with Crippen LogP contribution in [0.2, 0.25) is 0 Å². The zero-order valence-corrected chi connectivity index (χ0v) is 11.0. The third kappa shape index (κ3) is 2.59. The number of rotatable bonds is 4. The van der Waals surface area contributed by atoms with Crippen LogP contribution in [0.1, 0.15) is 19.7 Å². The van der Waals surface area contributed by atoms with Gasteiger partial charge in [-0.2, -0.15) is 0 Å². The van der Waals surface area contributed by atoms with Gasteiger partial charge in [-0.25, -0.2) is 0 Å². The SMILES string of the molecule is CC(C)CNCc1nnc2ccc(Br)cn12. The number of nitrogens with zero attached hydrogens (tertiary/aromatic N) is 3. The molecule has 0 aliphatic heterocycles. The predicted molar refractivity (Wildman–Crippen MR) is 67.2 cm³/mol. The van der Waals surface area contributed by atoms with Gasteiger partial charge in [-0.1, -0.05) is 13.8 Å². The molecule has 1 N–H and O–H groups in total. The van der Waals surface area contributed by atoms with Crippen LogP contribution in [0, 0.1) is 5.92 Å². The summed E-state index contributed by atoms with van der Waals surface area (Å²) in [7, 11) is 0. The van der Waals surface area contributed by atoms with Crippen molar-refractivity contribution in [1.82, 2.24) is 19.9 Å². The Hall–Kier alpha value is -0.940. The van der Waals surface area contributed by atoms with Gasteiger partial charge in [0.1, 0.15) is 0 Å². The molecule has 0 aromatic carbocycles. The van der Waals surface area contributed by atoms with Gasteiger partial charge in [-0.15, -0.1) is 10.2 Å². The largest absolute Gasteiger partial charge is 0.310 e. The fraction of sp³-hybridized carbons (Fsp3) is 0.455. The van der Waals surface area contributed by atoms with Crippen molar-refractivity contribution in [3.63, 3.8) is 0 Å². The molecule has 0 spiro atoms. The molecule has 86 valence electrons. The molecule has 2 heterocycles. The lowest BCUT2D eigenvalue weighted by atomic mass is 10.2. The molecule has 0 fully saturated rings. The number of pyridine rings is 1. The smallest absolute Gasteiger partial charge is 0.160 e. The maximum atomic E-state index is 4.16. The van der Waals surface area contributed by atoms with Crippen molar-refractivity contribution >= 4 is 21.6 Å². The highest BCUT2D eigenvalue weighted by Gasteiger charge is 2.05.